The van der Waals surface area contributed by atoms with Crippen LogP contribution in [-0.4, -0.2) is 22.6 Å². The zero-order valence-corrected chi connectivity index (χ0v) is 10.8. The van der Waals surface area contributed by atoms with Crippen LogP contribution < -0.4 is 0 Å². The maximum atomic E-state index is 12.1. The topological polar surface area (TPSA) is 71.4 Å². The second-order valence-corrected chi connectivity index (χ2v) is 4.59. The quantitative estimate of drug-likeness (QED) is 0.668. The molecule has 0 saturated carbocycles. The molecule has 0 saturated heterocycles. The van der Waals surface area contributed by atoms with Gasteiger partial charge in [0.05, 0.1) is 0 Å². The number of carbonyl (C=O) groups is 3. The fourth-order valence-corrected chi connectivity index (χ4v) is 2.31. The first-order valence-corrected chi connectivity index (χ1v) is 6.10. The highest BCUT2D eigenvalue weighted by atomic mass is 16.4. The Morgan fingerprint density at radius 1 is 1.32 bits per heavy atom. The molecule has 1 aromatic rings. The summed E-state index contributed by atoms with van der Waals surface area (Å²) in [5, 5.41) is 9.07. The first-order valence-electron chi connectivity index (χ1n) is 6.10. The molecule has 2 rings (SSSR count). The minimum atomic E-state index is -1.22. The Bertz CT molecular complexity index is 611. The summed E-state index contributed by atoms with van der Waals surface area (Å²) in [6, 6.07) is 4.92. The zero-order valence-electron chi connectivity index (χ0n) is 10.8. The lowest BCUT2D eigenvalue weighted by atomic mass is 9.81. The second-order valence-electron chi connectivity index (χ2n) is 4.59. The van der Waals surface area contributed by atoms with Gasteiger partial charge in [-0.3, -0.25) is 9.59 Å². The van der Waals surface area contributed by atoms with E-state index in [1.807, 2.05) is 6.92 Å². The lowest BCUT2D eigenvalue weighted by molar-refractivity contribution is -0.132. The van der Waals surface area contributed by atoms with Crippen molar-refractivity contribution < 1.29 is 19.5 Å². The summed E-state index contributed by atoms with van der Waals surface area (Å²) >= 11 is 0. The molecule has 4 heteroatoms. The Morgan fingerprint density at radius 2 is 2.00 bits per heavy atom. The summed E-state index contributed by atoms with van der Waals surface area (Å²) in [7, 11) is 0. The van der Waals surface area contributed by atoms with Gasteiger partial charge in [-0.2, -0.15) is 0 Å². The predicted molar refractivity (Wildman–Crippen MR) is 69.5 cm³/mol. The van der Waals surface area contributed by atoms with Crippen LogP contribution >= 0.6 is 0 Å². The van der Waals surface area contributed by atoms with Crippen molar-refractivity contribution in [2.24, 2.45) is 0 Å². The SMILES string of the molecule is CCC1C=C(C(=O)O)C(=O)c2cc(C(C)=O)ccc21. The summed E-state index contributed by atoms with van der Waals surface area (Å²) in [6.45, 7) is 3.35. The minimum Gasteiger partial charge on any atom is -0.478 e. The molecular weight excluding hydrogens is 244 g/mol. The number of benzene rings is 1. The normalized spacial score (nSPS) is 17.7. The lowest BCUT2D eigenvalue weighted by Gasteiger charge is -2.21. The third-order valence-corrected chi connectivity index (χ3v) is 3.39. The van der Waals surface area contributed by atoms with Gasteiger partial charge in [0, 0.05) is 17.0 Å². The Hall–Kier alpha value is -2.23. The van der Waals surface area contributed by atoms with Crippen molar-refractivity contribution in [3.05, 3.63) is 46.5 Å². The second kappa shape index (κ2) is 4.80. The molecule has 98 valence electrons. The Kier molecular flexibility index (Phi) is 3.34. The van der Waals surface area contributed by atoms with E-state index in [4.69, 9.17) is 5.11 Å². The molecule has 0 spiro atoms. The summed E-state index contributed by atoms with van der Waals surface area (Å²) in [5.74, 6) is -1.98. The van der Waals surface area contributed by atoms with E-state index in [0.717, 1.165) is 5.56 Å². The van der Waals surface area contributed by atoms with Crippen LogP contribution in [0.3, 0.4) is 0 Å². The molecule has 0 bridgehead atoms. The van der Waals surface area contributed by atoms with E-state index >= 15 is 0 Å². The van der Waals surface area contributed by atoms with Crippen molar-refractivity contribution in [1.29, 1.82) is 0 Å². The van der Waals surface area contributed by atoms with Gasteiger partial charge in [-0.05, 0) is 25.0 Å². The van der Waals surface area contributed by atoms with Gasteiger partial charge >= 0.3 is 5.97 Å². The summed E-state index contributed by atoms with van der Waals surface area (Å²) in [4.78, 5) is 34.6. The van der Waals surface area contributed by atoms with Crippen LogP contribution in [0.5, 0.6) is 0 Å². The number of fused-ring (bicyclic) bond motifs is 1. The van der Waals surface area contributed by atoms with Crippen LogP contribution in [0, 0.1) is 0 Å². The molecule has 0 heterocycles. The molecule has 0 aromatic heterocycles. The van der Waals surface area contributed by atoms with Crippen LogP contribution in [0.25, 0.3) is 0 Å². The van der Waals surface area contributed by atoms with Crippen LogP contribution in [0.4, 0.5) is 0 Å². The fraction of sp³-hybridized carbons (Fsp3) is 0.267. The molecule has 1 atom stereocenters. The number of rotatable bonds is 3. The third-order valence-electron chi connectivity index (χ3n) is 3.39. The number of carbonyl (C=O) groups excluding carboxylic acids is 2. The van der Waals surface area contributed by atoms with Gasteiger partial charge < -0.3 is 5.11 Å². The van der Waals surface area contributed by atoms with Gasteiger partial charge in [0.15, 0.2) is 11.6 Å². The minimum absolute atomic E-state index is 0.0974. The van der Waals surface area contributed by atoms with Crippen LogP contribution in [0.2, 0.25) is 0 Å². The number of carboxylic acid groups (broad SMARTS) is 1. The first-order chi connectivity index (χ1) is 8.95. The molecule has 0 fully saturated rings. The molecule has 0 radical (unpaired) electrons. The largest absolute Gasteiger partial charge is 0.478 e. The summed E-state index contributed by atoms with van der Waals surface area (Å²) < 4.78 is 0. The van der Waals surface area contributed by atoms with E-state index in [1.54, 1.807) is 12.1 Å². The van der Waals surface area contributed by atoms with Crippen molar-refractivity contribution in [2.45, 2.75) is 26.2 Å². The molecule has 4 nitrogen and oxygen atoms in total. The third kappa shape index (κ3) is 2.21. The van der Waals surface area contributed by atoms with Crippen LogP contribution in [-0.2, 0) is 4.79 Å². The highest BCUT2D eigenvalue weighted by molar-refractivity contribution is 6.25. The van der Waals surface area contributed by atoms with E-state index in [0.29, 0.717) is 17.5 Å². The molecule has 19 heavy (non-hydrogen) atoms. The van der Waals surface area contributed by atoms with Crippen LogP contribution in [0.15, 0.2) is 29.8 Å². The number of hydrogen-bond acceptors (Lipinski definition) is 3. The van der Waals surface area contributed by atoms with Gasteiger partial charge in [0.1, 0.15) is 5.57 Å². The van der Waals surface area contributed by atoms with Gasteiger partial charge in [0.25, 0.3) is 0 Å². The highest BCUT2D eigenvalue weighted by Gasteiger charge is 2.30. The molecule has 1 unspecified atom stereocenters. The van der Waals surface area contributed by atoms with E-state index in [1.165, 1.54) is 19.1 Å². The number of carboxylic acids is 1. The predicted octanol–water partition coefficient (Wildman–Crippen LogP) is 2.59. The Balaban J connectivity index is 2.61. The van der Waals surface area contributed by atoms with Gasteiger partial charge in [-0.25, -0.2) is 4.79 Å². The summed E-state index contributed by atoms with van der Waals surface area (Å²) in [6.07, 6.45) is 2.21. The molecular formula is C15H14O4. The van der Waals surface area contributed by atoms with Crippen molar-refractivity contribution in [3.63, 3.8) is 0 Å². The van der Waals surface area contributed by atoms with Crippen molar-refractivity contribution in [3.8, 4) is 0 Å². The fourth-order valence-electron chi connectivity index (χ4n) is 2.31. The van der Waals surface area contributed by atoms with E-state index < -0.39 is 11.8 Å². The number of allylic oxidation sites excluding steroid dienone is 1. The monoisotopic (exact) mass is 258 g/mol. The first kappa shape index (κ1) is 13.2. The van der Waals surface area contributed by atoms with Gasteiger partial charge in [-0.15, -0.1) is 0 Å². The Labute approximate surface area is 110 Å². The van der Waals surface area contributed by atoms with E-state index in [2.05, 4.69) is 0 Å². The maximum absolute atomic E-state index is 12.1. The number of ketones is 2. The van der Waals surface area contributed by atoms with Gasteiger partial charge in [-0.1, -0.05) is 25.1 Å². The molecule has 1 aliphatic carbocycles. The van der Waals surface area contributed by atoms with E-state index in [9.17, 15) is 14.4 Å². The Morgan fingerprint density at radius 3 is 2.53 bits per heavy atom. The van der Waals surface area contributed by atoms with Gasteiger partial charge in [0.2, 0.25) is 0 Å². The average molecular weight is 258 g/mol. The van der Waals surface area contributed by atoms with Crippen LogP contribution in [0.1, 0.15) is 52.5 Å². The van der Waals surface area contributed by atoms with E-state index in [-0.39, 0.29) is 17.3 Å². The lowest BCUT2D eigenvalue weighted by Crippen LogP contribution is -2.21. The van der Waals surface area contributed by atoms with Crippen molar-refractivity contribution >= 4 is 17.5 Å². The molecule has 0 amide bonds. The maximum Gasteiger partial charge on any atom is 0.339 e. The average Bonchev–Trinajstić information content (AvgIpc) is 2.38. The number of Topliss-reactive ketones (excluding diaryl/α,β-unsaturated/α-hetero) is 2. The molecule has 1 N–H and O–H groups in total. The highest BCUT2D eigenvalue weighted by Crippen LogP contribution is 2.33. The smallest absolute Gasteiger partial charge is 0.339 e. The molecule has 1 aliphatic rings. The number of aliphatic carboxylic acids is 1. The zero-order chi connectivity index (χ0) is 14.2. The number of hydrogen-bond donors (Lipinski definition) is 1. The van der Waals surface area contributed by atoms with Crippen molar-refractivity contribution in [2.75, 3.05) is 0 Å². The molecule has 0 aliphatic heterocycles. The summed E-state index contributed by atoms with van der Waals surface area (Å²) in [5.41, 5.74) is 1.34. The van der Waals surface area contributed by atoms with Crippen molar-refractivity contribution in [1.82, 2.24) is 0 Å². The standard InChI is InChI=1S/C15H14O4/c1-3-9-6-13(15(18)19)14(17)12-7-10(8(2)16)4-5-11(9)12/h4-7,9H,3H2,1-2H3,(H,18,19). The molecule has 1 aromatic carbocycles.